The predicted molar refractivity (Wildman–Crippen MR) is 227 cm³/mol. The molecule has 6 fully saturated rings. The molecule has 16 heteroatoms. The topological polar surface area (TPSA) is 192 Å². The molecule has 0 spiro atoms. The fourth-order valence-electron chi connectivity index (χ4n) is 12.9. The molecule has 330 valence electrons. The number of benzene rings is 2. The van der Waals surface area contributed by atoms with Crippen molar-refractivity contribution in [3.8, 4) is 0 Å². The lowest BCUT2D eigenvalue weighted by molar-refractivity contribution is -0.141. The molecule has 0 aromatic carbocycles. The smallest absolute Gasteiger partial charge is 0.408 e. The van der Waals surface area contributed by atoms with Gasteiger partial charge in [-0.2, -0.15) is 0 Å². The van der Waals surface area contributed by atoms with Crippen molar-refractivity contribution in [1.82, 2.24) is 33.7 Å². The van der Waals surface area contributed by atoms with Crippen LogP contribution in [0.2, 0.25) is 0 Å². The number of piperidine rings is 2. The van der Waals surface area contributed by atoms with Gasteiger partial charge >= 0.3 is 12.2 Å². The Morgan fingerprint density at radius 2 is 1.19 bits per heavy atom. The summed E-state index contributed by atoms with van der Waals surface area (Å²) in [5, 5.41) is 21.1. The van der Waals surface area contributed by atoms with E-state index in [1.54, 1.807) is 9.13 Å². The second-order valence-electron chi connectivity index (χ2n) is 21.2. The summed E-state index contributed by atoms with van der Waals surface area (Å²) in [6.45, 7) is 12.0. The minimum absolute atomic E-state index is 0.0230. The van der Waals surface area contributed by atoms with Gasteiger partial charge in [-0.15, -0.1) is 0 Å². The van der Waals surface area contributed by atoms with Crippen molar-refractivity contribution >= 4 is 57.9 Å². The summed E-state index contributed by atoms with van der Waals surface area (Å²) in [4.78, 5) is 98.7. The van der Waals surface area contributed by atoms with Crippen molar-refractivity contribution in [1.29, 1.82) is 0 Å². The summed E-state index contributed by atoms with van der Waals surface area (Å²) in [5.74, 6) is -1.93. The summed E-state index contributed by atoms with van der Waals surface area (Å²) in [5.41, 5.74) is -2.97. The van der Waals surface area contributed by atoms with Crippen molar-refractivity contribution in [3.05, 3.63) is 65.9 Å². The number of hydrogen-bond acceptors (Lipinski definition) is 8. The zero-order valence-corrected chi connectivity index (χ0v) is 36.5. The molecule has 4 amide bonds. The molecule has 0 unspecified atom stereocenters. The highest BCUT2D eigenvalue weighted by Crippen LogP contribution is 2.66. The van der Waals surface area contributed by atoms with Crippen molar-refractivity contribution < 1.29 is 43.4 Å². The predicted octanol–water partition coefficient (Wildman–Crippen LogP) is 6.77. The van der Waals surface area contributed by atoms with E-state index in [-0.39, 0.29) is 55.5 Å². The summed E-state index contributed by atoms with van der Waals surface area (Å²) in [6, 6.07) is 12.3. The van der Waals surface area contributed by atoms with Gasteiger partial charge in [0.25, 0.3) is 11.8 Å². The molecule has 4 saturated heterocycles. The average Bonchev–Trinajstić information content (AvgIpc) is 3.91. The van der Waals surface area contributed by atoms with Crippen LogP contribution in [0.4, 0.5) is 9.59 Å². The lowest BCUT2D eigenvalue weighted by atomic mass is 9.82. The van der Waals surface area contributed by atoms with Crippen LogP contribution in [0.15, 0.2) is 52.9 Å². The standard InChI is InChI=1S/C47H53N7O9/c1-43(2,3)34-35(45(39(57)51-27-9-10-28(51)12-11-27)17-7-19-49(45)36(55)32-22-25-21-31(25)53(32)41(59)60)63-38(48-34)46(40(58)52-29-13-14-30(52)16-15-29)18-8-20-50(46)37(56)33-23-26-24-47(26,44(4,5)6)54(33)42(61)62/h9-16,25-26,31-33H,7-8,17-24H2,1-6H3,(H,59,60)(H,61,62)/t25-,26-,31-,32-,33-,45-,46-,47-/m0/s1. The van der Waals surface area contributed by atoms with E-state index in [0.717, 1.165) is 0 Å². The number of fused-ring (bicyclic) bond motifs is 6. The van der Waals surface area contributed by atoms with Crippen molar-refractivity contribution in [2.45, 2.75) is 133 Å². The van der Waals surface area contributed by atoms with E-state index in [9.17, 15) is 19.8 Å². The molecule has 5 aromatic rings. The van der Waals surface area contributed by atoms with Gasteiger partial charge in [-0.3, -0.25) is 38.1 Å². The van der Waals surface area contributed by atoms with E-state index in [2.05, 4.69) is 0 Å². The molecule has 8 atom stereocenters. The Hall–Kier alpha value is -5.93. The third-order valence-corrected chi connectivity index (χ3v) is 15.9. The lowest BCUT2D eigenvalue weighted by Crippen LogP contribution is -2.60. The number of oxazole rings is 1. The van der Waals surface area contributed by atoms with Gasteiger partial charge in [-0.25, -0.2) is 14.6 Å². The molecule has 4 bridgehead atoms. The number of carbonyl (C=O) groups excluding carboxylic acids is 4. The highest BCUT2D eigenvalue weighted by Gasteiger charge is 2.74. The first-order valence-electron chi connectivity index (χ1n) is 22.4. The third kappa shape index (κ3) is 5.06. The zero-order valence-electron chi connectivity index (χ0n) is 36.5. The molecule has 6 aliphatic rings. The minimum Gasteiger partial charge on any atom is -0.465 e. The number of amides is 4. The Bertz CT molecular complexity index is 2680. The van der Waals surface area contributed by atoms with Gasteiger partial charge in [0.05, 0.1) is 11.2 Å². The molecule has 2 aliphatic carbocycles. The molecule has 9 heterocycles. The van der Waals surface area contributed by atoms with Crippen molar-refractivity contribution in [2.75, 3.05) is 13.1 Å². The molecule has 0 radical (unpaired) electrons. The van der Waals surface area contributed by atoms with Gasteiger partial charge in [-0.1, -0.05) is 41.5 Å². The first kappa shape index (κ1) is 39.9. The van der Waals surface area contributed by atoms with E-state index >= 15 is 19.2 Å². The number of carboxylic acid groups (broad SMARTS) is 2. The molecule has 11 rings (SSSR count). The Balaban J connectivity index is 1.11. The summed E-state index contributed by atoms with van der Waals surface area (Å²) < 4.78 is 10.3. The van der Waals surface area contributed by atoms with Crippen LogP contribution in [0, 0.1) is 17.3 Å². The second-order valence-corrected chi connectivity index (χ2v) is 21.2. The zero-order chi connectivity index (χ0) is 44.5. The van der Waals surface area contributed by atoms with Gasteiger partial charge in [0, 0.05) is 46.6 Å². The Labute approximate surface area is 363 Å². The van der Waals surface area contributed by atoms with Gasteiger partial charge in [0.2, 0.25) is 17.7 Å². The Morgan fingerprint density at radius 1 is 0.683 bits per heavy atom. The van der Waals surface area contributed by atoms with Crippen LogP contribution >= 0.6 is 0 Å². The van der Waals surface area contributed by atoms with E-state index in [1.807, 2.05) is 90.1 Å². The highest BCUT2D eigenvalue weighted by atomic mass is 16.4. The largest absolute Gasteiger partial charge is 0.465 e. The minimum atomic E-state index is -1.88. The van der Waals surface area contributed by atoms with Crippen LogP contribution in [0.1, 0.15) is 120 Å². The Morgan fingerprint density at radius 3 is 1.70 bits per heavy atom. The molecule has 63 heavy (non-hydrogen) atoms. The van der Waals surface area contributed by atoms with Gasteiger partial charge in [-0.05, 0) is 117 Å². The maximum atomic E-state index is 15.7. The quantitative estimate of drug-likeness (QED) is 0.184. The first-order valence-corrected chi connectivity index (χ1v) is 22.4. The van der Waals surface area contributed by atoms with Crippen LogP contribution in [-0.4, -0.2) is 117 Å². The number of likely N-dealkylation sites (tertiary alicyclic amines) is 4. The number of hydrogen-bond donors (Lipinski definition) is 2. The van der Waals surface area contributed by atoms with Crippen LogP contribution in [-0.2, 0) is 26.1 Å². The molecule has 2 N–H and O–H groups in total. The van der Waals surface area contributed by atoms with Crippen LogP contribution in [0.25, 0.3) is 22.1 Å². The maximum absolute atomic E-state index is 15.7. The second kappa shape index (κ2) is 12.6. The fraction of sp³-hybridized carbons (Fsp3) is 0.553. The highest BCUT2D eigenvalue weighted by molar-refractivity contribution is 6.03. The maximum Gasteiger partial charge on any atom is 0.408 e. The summed E-state index contributed by atoms with van der Waals surface area (Å²) in [6.07, 6.45) is 0.630. The fourth-order valence-corrected chi connectivity index (χ4v) is 12.9. The lowest BCUT2D eigenvalue weighted by Gasteiger charge is -2.42. The van der Waals surface area contributed by atoms with Crippen molar-refractivity contribution in [2.24, 2.45) is 17.3 Å². The van der Waals surface area contributed by atoms with Crippen molar-refractivity contribution in [3.63, 3.8) is 0 Å². The Kier molecular flexibility index (Phi) is 7.99. The van der Waals surface area contributed by atoms with E-state index in [1.165, 1.54) is 19.6 Å². The van der Waals surface area contributed by atoms with Gasteiger partial charge in [0.1, 0.15) is 12.1 Å². The number of carbonyl (C=O) groups is 6. The molecule has 5 aromatic heterocycles. The molecular weight excluding hydrogens is 807 g/mol. The van der Waals surface area contributed by atoms with Gasteiger partial charge in [0.15, 0.2) is 16.8 Å². The van der Waals surface area contributed by atoms with Crippen LogP contribution in [0.5, 0.6) is 0 Å². The third-order valence-electron chi connectivity index (χ3n) is 15.9. The SMILES string of the molecule is CC(C)(C)c1nc([C@]2(C(=O)n3c4ccc3cc4)CCCN2C(=O)[C@@H]2C[C@H]3C[C@]3(C(C)(C)C)N2C(=O)O)oc1[C@]1(C(=O)n2c3ccc2cc3)CCCN1C(=O)[C@@H]1C[C@@H]2C[C@@H]2N1C(=O)O. The average molecular weight is 860 g/mol. The summed E-state index contributed by atoms with van der Waals surface area (Å²) >= 11 is 0. The van der Waals surface area contributed by atoms with Gasteiger partial charge < -0.3 is 24.4 Å². The molecular formula is C47H53N7O9. The number of rotatable bonds is 6. The number of nitrogens with zero attached hydrogens (tertiary/aromatic N) is 7. The normalized spacial score (nSPS) is 31.4. The molecule has 4 aliphatic heterocycles. The monoisotopic (exact) mass is 859 g/mol. The van der Waals surface area contributed by atoms with Crippen LogP contribution < -0.4 is 0 Å². The molecule has 16 nitrogen and oxygen atoms in total. The molecule has 2 saturated carbocycles. The van der Waals surface area contributed by atoms with E-state index < -0.39 is 75.3 Å². The van der Waals surface area contributed by atoms with E-state index in [4.69, 9.17) is 9.40 Å². The van der Waals surface area contributed by atoms with Crippen LogP contribution in [0.3, 0.4) is 0 Å². The first-order chi connectivity index (χ1) is 29.8. The van der Waals surface area contributed by atoms with E-state index in [0.29, 0.717) is 66.3 Å². The summed E-state index contributed by atoms with van der Waals surface area (Å²) in [7, 11) is 0. The number of aromatic nitrogens is 3.